The predicted molar refractivity (Wildman–Crippen MR) is 82.9 cm³/mol. The number of rotatable bonds is 3. The Morgan fingerprint density at radius 1 is 1.30 bits per heavy atom. The molecule has 1 aliphatic heterocycles. The fourth-order valence-corrected chi connectivity index (χ4v) is 3.21. The second-order valence-electron chi connectivity index (χ2n) is 5.11. The Hall–Kier alpha value is -0.480. The molecule has 1 unspecified atom stereocenters. The third-order valence-electron chi connectivity index (χ3n) is 3.68. The number of fused-ring (bicyclic) bond motifs is 1. The molecule has 3 nitrogen and oxygen atoms in total. The van der Waals surface area contributed by atoms with E-state index >= 15 is 0 Å². The lowest BCUT2D eigenvalue weighted by atomic mass is 10.0. The second kappa shape index (κ2) is 6.10. The number of imidazole rings is 1. The lowest BCUT2D eigenvalue weighted by molar-refractivity contribution is 0.0485. The van der Waals surface area contributed by atoms with Crippen LogP contribution in [0.5, 0.6) is 0 Å². The largest absolute Gasteiger partial charge is 0.381 e. The van der Waals surface area contributed by atoms with Crippen molar-refractivity contribution in [2.24, 2.45) is 5.92 Å². The molecule has 1 aromatic carbocycles. The topological polar surface area (TPSA) is 27.1 Å². The zero-order valence-corrected chi connectivity index (χ0v) is 13.2. The van der Waals surface area contributed by atoms with Gasteiger partial charge in [-0.1, -0.05) is 23.2 Å². The van der Waals surface area contributed by atoms with Crippen molar-refractivity contribution in [3.05, 3.63) is 28.0 Å². The van der Waals surface area contributed by atoms with E-state index in [2.05, 4.69) is 9.55 Å². The van der Waals surface area contributed by atoms with Gasteiger partial charge in [-0.2, -0.15) is 0 Å². The van der Waals surface area contributed by atoms with E-state index in [0.717, 1.165) is 43.0 Å². The number of halogens is 3. The monoisotopic (exact) mass is 332 g/mol. The molecule has 108 valence electrons. The van der Waals surface area contributed by atoms with Crippen LogP contribution in [0.3, 0.4) is 0 Å². The van der Waals surface area contributed by atoms with Gasteiger partial charge in [0, 0.05) is 19.1 Å². The summed E-state index contributed by atoms with van der Waals surface area (Å²) in [4.78, 5) is 4.55. The molecule has 1 aliphatic rings. The zero-order valence-electron chi connectivity index (χ0n) is 10.9. The fraction of sp³-hybridized carbons (Fsp3) is 0.500. The average Bonchev–Trinajstić information content (AvgIpc) is 2.78. The molecule has 20 heavy (non-hydrogen) atoms. The molecule has 1 saturated heterocycles. The van der Waals surface area contributed by atoms with Crippen molar-refractivity contribution in [1.29, 1.82) is 0 Å². The van der Waals surface area contributed by atoms with Crippen LogP contribution in [-0.4, -0.2) is 22.8 Å². The number of nitrogens with zero attached hydrogens (tertiary/aromatic N) is 2. The van der Waals surface area contributed by atoms with Gasteiger partial charge >= 0.3 is 0 Å². The molecule has 1 aromatic heterocycles. The SMILES string of the molecule is ClCc1nc2cc(Cl)c(Cl)cc2n1CC1CCCOC1. The van der Waals surface area contributed by atoms with Crippen LogP contribution in [0.2, 0.25) is 10.0 Å². The van der Waals surface area contributed by atoms with E-state index in [1.165, 1.54) is 6.42 Å². The van der Waals surface area contributed by atoms with Crippen molar-refractivity contribution in [2.45, 2.75) is 25.3 Å². The minimum atomic E-state index is 0.373. The summed E-state index contributed by atoms with van der Waals surface area (Å²) in [6, 6.07) is 3.66. The summed E-state index contributed by atoms with van der Waals surface area (Å²) < 4.78 is 7.69. The first-order valence-corrected chi connectivity index (χ1v) is 7.96. The minimum Gasteiger partial charge on any atom is -0.381 e. The highest BCUT2D eigenvalue weighted by Crippen LogP contribution is 2.30. The molecule has 0 saturated carbocycles. The maximum atomic E-state index is 6.12. The van der Waals surface area contributed by atoms with Crippen molar-refractivity contribution in [2.75, 3.05) is 13.2 Å². The number of hydrogen-bond donors (Lipinski definition) is 0. The van der Waals surface area contributed by atoms with Crippen LogP contribution >= 0.6 is 34.8 Å². The Bertz CT molecular complexity index is 620. The maximum Gasteiger partial charge on any atom is 0.124 e. The highest BCUT2D eigenvalue weighted by molar-refractivity contribution is 6.42. The molecule has 2 aromatic rings. The number of benzene rings is 1. The van der Waals surface area contributed by atoms with Crippen molar-refractivity contribution in [1.82, 2.24) is 9.55 Å². The first kappa shape index (κ1) is 14.5. The lowest BCUT2D eigenvalue weighted by Crippen LogP contribution is -2.22. The molecule has 6 heteroatoms. The van der Waals surface area contributed by atoms with Gasteiger partial charge in [0.15, 0.2) is 0 Å². The van der Waals surface area contributed by atoms with Crippen LogP contribution < -0.4 is 0 Å². The quantitative estimate of drug-likeness (QED) is 0.773. The average molecular weight is 334 g/mol. The molecule has 2 heterocycles. The Morgan fingerprint density at radius 2 is 2.10 bits per heavy atom. The van der Waals surface area contributed by atoms with E-state index in [0.29, 0.717) is 21.8 Å². The number of aromatic nitrogens is 2. The van der Waals surface area contributed by atoms with E-state index < -0.39 is 0 Å². The third-order valence-corrected chi connectivity index (χ3v) is 4.65. The van der Waals surface area contributed by atoms with Crippen LogP contribution in [0.4, 0.5) is 0 Å². The van der Waals surface area contributed by atoms with Crippen molar-refractivity contribution >= 4 is 45.8 Å². The molecule has 0 bridgehead atoms. The maximum absolute atomic E-state index is 6.12. The van der Waals surface area contributed by atoms with Gasteiger partial charge in [0.1, 0.15) is 5.82 Å². The van der Waals surface area contributed by atoms with E-state index in [4.69, 9.17) is 39.5 Å². The van der Waals surface area contributed by atoms with Crippen LogP contribution in [0.15, 0.2) is 12.1 Å². The molecule has 0 aliphatic carbocycles. The van der Waals surface area contributed by atoms with Crippen molar-refractivity contribution < 1.29 is 4.74 Å². The number of alkyl halides is 1. The summed E-state index contributed by atoms with van der Waals surface area (Å²) >= 11 is 18.2. The normalized spacial score (nSPS) is 19.6. The lowest BCUT2D eigenvalue weighted by Gasteiger charge is -2.23. The minimum absolute atomic E-state index is 0.373. The molecular formula is C14H15Cl3N2O. The summed E-state index contributed by atoms with van der Waals surface area (Å²) in [6.07, 6.45) is 2.28. The third kappa shape index (κ3) is 2.77. The Balaban J connectivity index is 2.00. The van der Waals surface area contributed by atoms with Crippen LogP contribution in [0, 0.1) is 5.92 Å². The van der Waals surface area contributed by atoms with E-state index in [-0.39, 0.29) is 0 Å². The van der Waals surface area contributed by atoms with Gasteiger partial charge in [-0.25, -0.2) is 4.98 Å². The Kier molecular flexibility index (Phi) is 4.41. The van der Waals surface area contributed by atoms with E-state index in [9.17, 15) is 0 Å². The molecular weight excluding hydrogens is 319 g/mol. The molecule has 3 rings (SSSR count). The van der Waals surface area contributed by atoms with Gasteiger partial charge in [0.05, 0.1) is 33.6 Å². The van der Waals surface area contributed by atoms with Gasteiger partial charge < -0.3 is 9.30 Å². The van der Waals surface area contributed by atoms with Gasteiger partial charge in [0.25, 0.3) is 0 Å². The summed E-state index contributed by atoms with van der Waals surface area (Å²) in [5, 5.41) is 1.06. The van der Waals surface area contributed by atoms with Gasteiger partial charge in [-0.05, 0) is 25.0 Å². The van der Waals surface area contributed by atoms with Crippen LogP contribution in [0.25, 0.3) is 11.0 Å². The number of hydrogen-bond acceptors (Lipinski definition) is 2. The highest BCUT2D eigenvalue weighted by Gasteiger charge is 2.19. The summed E-state index contributed by atoms with van der Waals surface area (Å²) in [5.41, 5.74) is 1.83. The second-order valence-corrected chi connectivity index (χ2v) is 6.19. The molecule has 1 fully saturated rings. The summed E-state index contributed by atoms with van der Waals surface area (Å²) in [5.74, 6) is 1.72. The van der Waals surface area contributed by atoms with Crippen LogP contribution in [0.1, 0.15) is 18.7 Å². The number of ether oxygens (including phenoxy) is 1. The first-order valence-electron chi connectivity index (χ1n) is 6.67. The summed E-state index contributed by atoms with van der Waals surface area (Å²) in [7, 11) is 0. The molecule has 1 atom stereocenters. The molecule has 0 amide bonds. The predicted octanol–water partition coefficient (Wildman–Crippen LogP) is 4.51. The van der Waals surface area contributed by atoms with E-state index in [1.54, 1.807) is 6.07 Å². The standard InChI is InChI=1S/C14H15Cl3N2O/c15-6-14-18-12-4-10(16)11(17)5-13(12)19(14)7-9-2-1-3-20-8-9/h4-5,9H,1-3,6-8H2. The van der Waals surface area contributed by atoms with Gasteiger partial charge in [-0.15, -0.1) is 11.6 Å². The smallest absolute Gasteiger partial charge is 0.124 e. The molecule has 0 N–H and O–H groups in total. The molecule has 0 spiro atoms. The van der Waals surface area contributed by atoms with Crippen LogP contribution in [-0.2, 0) is 17.2 Å². The highest BCUT2D eigenvalue weighted by atomic mass is 35.5. The Labute approximate surface area is 132 Å². The fourth-order valence-electron chi connectivity index (χ4n) is 2.69. The zero-order chi connectivity index (χ0) is 14.1. The van der Waals surface area contributed by atoms with Gasteiger partial charge in [-0.3, -0.25) is 0 Å². The van der Waals surface area contributed by atoms with E-state index in [1.807, 2.05) is 6.07 Å². The first-order chi connectivity index (χ1) is 9.69. The van der Waals surface area contributed by atoms with Crippen molar-refractivity contribution in [3.8, 4) is 0 Å². The summed E-state index contributed by atoms with van der Waals surface area (Å²) in [6.45, 7) is 2.52. The molecule has 0 radical (unpaired) electrons. The Morgan fingerprint density at radius 3 is 2.80 bits per heavy atom. The van der Waals surface area contributed by atoms with Gasteiger partial charge in [0.2, 0.25) is 0 Å². The van der Waals surface area contributed by atoms with Crippen molar-refractivity contribution in [3.63, 3.8) is 0 Å².